The van der Waals surface area contributed by atoms with E-state index in [0.29, 0.717) is 5.88 Å². The van der Waals surface area contributed by atoms with Crippen LogP contribution in [0.1, 0.15) is 19.2 Å². The van der Waals surface area contributed by atoms with Crippen LogP contribution in [0.15, 0.2) is 0 Å². The van der Waals surface area contributed by atoms with Crippen LogP contribution in [-0.2, 0) is 6.42 Å². The Morgan fingerprint density at radius 3 is 3.00 bits per heavy atom. The SMILES string of the molecule is CCc1nsc(NCCCCl)n1. The summed E-state index contributed by atoms with van der Waals surface area (Å²) in [6.45, 7) is 2.92. The largest absolute Gasteiger partial charge is 0.360 e. The molecule has 1 aromatic rings. The van der Waals surface area contributed by atoms with Crippen LogP contribution in [0.4, 0.5) is 5.13 Å². The van der Waals surface area contributed by atoms with Crippen LogP contribution >= 0.6 is 23.1 Å². The molecule has 5 heteroatoms. The fourth-order valence-corrected chi connectivity index (χ4v) is 1.54. The van der Waals surface area contributed by atoms with Gasteiger partial charge in [-0.05, 0) is 6.42 Å². The van der Waals surface area contributed by atoms with Gasteiger partial charge in [-0.1, -0.05) is 6.92 Å². The van der Waals surface area contributed by atoms with E-state index in [9.17, 15) is 0 Å². The zero-order chi connectivity index (χ0) is 8.81. The smallest absolute Gasteiger partial charge is 0.202 e. The number of halogens is 1. The highest BCUT2D eigenvalue weighted by molar-refractivity contribution is 7.09. The predicted octanol–water partition coefficient (Wildman–Crippen LogP) is 2.14. The molecule has 0 unspecified atom stereocenters. The van der Waals surface area contributed by atoms with Crippen molar-refractivity contribution in [2.24, 2.45) is 0 Å². The van der Waals surface area contributed by atoms with Crippen molar-refractivity contribution in [3.8, 4) is 0 Å². The highest BCUT2D eigenvalue weighted by Crippen LogP contribution is 2.10. The molecule has 0 saturated carbocycles. The Morgan fingerprint density at radius 1 is 1.58 bits per heavy atom. The van der Waals surface area contributed by atoms with Crippen molar-refractivity contribution in [3.05, 3.63) is 5.82 Å². The van der Waals surface area contributed by atoms with E-state index >= 15 is 0 Å². The van der Waals surface area contributed by atoms with Gasteiger partial charge in [0, 0.05) is 30.4 Å². The number of anilines is 1. The molecule has 0 aromatic carbocycles. The summed E-state index contributed by atoms with van der Waals surface area (Å²) in [6, 6.07) is 0. The van der Waals surface area contributed by atoms with Crippen molar-refractivity contribution in [1.82, 2.24) is 9.36 Å². The fraction of sp³-hybridized carbons (Fsp3) is 0.714. The first-order valence-electron chi connectivity index (χ1n) is 3.99. The first-order valence-corrected chi connectivity index (χ1v) is 5.30. The van der Waals surface area contributed by atoms with Crippen molar-refractivity contribution < 1.29 is 0 Å². The molecule has 0 bridgehead atoms. The Hall–Kier alpha value is -0.350. The molecule has 3 nitrogen and oxygen atoms in total. The van der Waals surface area contributed by atoms with E-state index in [1.807, 2.05) is 6.92 Å². The molecule has 68 valence electrons. The minimum absolute atomic E-state index is 0.687. The Balaban J connectivity index is 2.31. The number of rotatable bonds is 5. The number of alkyl halides is 1. The third-order valence-electron chi connectivity index (χ3n) is 1.37. The van der Waals surface area contributed by atoms with Crippen LogP contribution in [0.2, 0.25) is 0 Å². The standard InChI is InChI=1S/C7H12ClN3S/c1-2-6-10-7(12-11-6)9-5-3-4-8/h2-5H2,1H3,(H,9,10,11). The molecular formula is C7H12ClN3S. The van der Waals surface area contributed by atoms with E-state index in [4.69, 9.17) is 11.6 Å². The second-order valence-electron chi connectivity index (χ2n) is 2.34. The van der Waals surface area contributed by atoms with Gasteiger partial charge in [0.05, 0.1) is 0 Å². The minimum Gasteiger partial charge on any atom is -0.360 e. The van der Waals surface area contributed by atoms with Gasteiger partial charge in [0.1, 0.15) is 5.82 Å². The maximum atomic E-state index is 5.53. The summed E-state index contributed by atoms with van der Waals surface area (Å²) in [5.41, 5.74) is 0. The first-order chi connectivity index (χ1) is 5.86. The summed E-state index contributed by atoms with van der Waals surface area (Å²) in [4.78, 5) is 4.25. The predicted molar refractivity (Wildman–Crippen MR) is 53.1 cm³/mol. The monoisotopic (exact) mass is 205 g/mol. The molecule has 1 heterocycles. The highest BCUT2D eigenvalue weighted by Gasteiger charge is 1.99. The Kier molecular flexibility index (Phi) is 4.32. The lowest BCUT2D eigenvalue weighted by atomic mass is 10.5. The van der Waals surface area contributed by atoms with Gasteiger partial charge in [0.15, 0.2) is 0 Å². The van der Waals surface area contributed by atoms with Crippen LogP contribution in [0.25, 0.3) is 0 Å². The van der Waals surface area contributed by atoms with Gasteiger partial charge < -0.3 is 5.32 Å². The summed E-state index contributed by atoms with van der Waals surface area (Å²) in [7, 11) is 0. The number of nitrogens with one attached hydrogen (secondary N) is 1. The van der Waals surface area contributed by atoms with Gasteiger partial charge in [-0.15, -0.1) is 11.6 Å². The summed E-state index contributed by atoms with van der Waals surface area (Å²) >= 11 is 6.94. The third-order valence-corrected chi connectivity index (χ3v) is 2.35. The second-order valence-corrected chi connectivity index (χ2v) is 3.47. The number of aryl methyl sites for hydroxylation is 1. The van der Waals surface area contributed by atoms with Crippen molar-refractivity contribution in [3.63, 3.8) is 0 Å². The molecular weight excluding hydrogens is 194 g/mol. The van der Waals surface area contributed by atoms with E-state index < -0.39 is 0 Å². The first kappa shape index (κ1) is 9.74. The molecule has 0 aliphatic rings. The van der Waals surface area contributed by atoms with E-state index in [1.54, 1.807) is 0 Å². The van der Waals surface area contributed by atoms with Crippen LogP contribution in [0.5, 0.6) is 0 Å². The number of nitrogens with zero attached hydrogens (tertiary/aromatic N) is 2. The van der Waals surface area contributed by atoms with Crippen molar-refractivity contribution in [2.75, 3.05) is 17.7 Å². The van der Waals surface area contributed by atoms with E-state index in [1.165, 1.54) is 11.5 Å². The summed E-state index contributed by atoms with van der Waals surface area (Å²) < 4.78 is 4.15. The zero-order valence-corrected chi connectivity index (χ0v) is 8.58. The molecule has 0 amide bonds. The lowest BCUT2D eigenvalue weighted by Crippen LogP contribution is -2.01. The average Bonchev–Trinajstić information content (AvgIpc) is 2.53. The van der Waals surface area contributed by atoms with Crippen LogP contribution in [0.3, 0.4) is 0 Å². The fourth-order valence-electron chi connectivity index (χ4n) is 0.732. The highest BCUT2D eigenvalue weighted by atomic mass is 35.5. The van der Waals surface area contributed by atoms with Gasteiger partial charge >= 0.3 is 0 Å². The molecule has 12 heavy (non-hydrogen) atoms. The van der Waals surface area contributed by atoms with E-state index in [0.717, 1.165) is 30.3 Å². The summed E-state index contributed by atoms with van der Waals surface area (Å²) in [5, 5.41) is 4.06. The van der Waals surface area contributed by atoms with Crippen LogP contribution < -0.4 is 5.32 Å². The molecule has 0 saturated heterocycles. The molecule has 1 rings (SSSR count). The van der Waals surface area contributed by atoms with Crippen molar-refractivity contribution in [1.29, 1.82) is 0 Å². The number of aromatic nitrogens is 2. The number of hydrogen-bond acceptors (Lipinski definition) is 4. The molecule has 0 aliphatic heterocycles. The van der Waals surface area contributed by atoms with Gasteiger partial charge in [-0.3, -0.25) is 0 Å². The quantitative estimate of drug-likeness (QED) is 0.591. The lowest BCUT2D eigenvalue weighted by molar-refractivity contribution is 0.963. The topological polar surface area (TPSA) is 37.8 Å². The molecule has 1 aromatic heterocycles. The van der Waals surface area contributed by atoms with Gasteiger partial charge in [-0.2, -0.15) is 4.37 Å². The zero-order valence-electron chi connectivity index (χ0n) is 7.01. The van der Waals surface area contributed by atoms with Crippen molar-refractivity contribution in [2.45, 2.75) is 19.8 Å². The third kappa shape index (κ3) is 2.95. The molecule has 0 atom stereocenters. The lowest BCUT2D eigenvalue weighted by Gasteiger charge is -1.96. The van der Waals surface area contributed by atoms with Crippen LogP contribution in [-0.4, -0.2) is 21.8 Å². The van der Waals surface area contributed by atoms with E-state index in [-0.39, 0.29) is 0 Å². The molecule has 0 fully saturated rings. The Bertz CT molecular complexity index is 226. The molecule has 0 aliphatic carbocycles. The van der Waals surface area contributed by atoms with E-state index in [2.05, 4.69) is 14.7 Å². The summed E-state index contributed by atoms with van der Waals surface area (Å²) in [5.74, 6) is 1.60. The molecule has 0 spiro atoms. The minimum atomic E-state index is 0.687. The Morgan fingerprint density at radius 2 is 2.42 bits per heavy atom. The Labute approximate surface area is 81.3 Å². The molecule has 1 N–H and O–H groups in total. The van der Waals surface area contributed by atoms with Gasteiger partial charge in [0.25, 0.3) is 0 Å². The average molecular weight is 206 g/mol. The maximum Gasteiger partial charge on any atom is 0.202 e. The molecule has 0 radical (unpaired) electrons. The summed E-state index contributed by atoms with van der Waals surface area (Å²) in [6.07, 6.45) is 1.86. The van der Waals surface area contributed by atoms with Crippen LogP contribution in [0, 0.1) is 0 Å². The normalized spacial score (nSPS) is 10.2. The van der Waals surface area contributed by atoms with Gasteiger partial charge in [0.2, 0.25) is 5.13 Å². The number of hydrogen-bond donors (Lipinski definition) is 1. The van der Waals surface area contributed by atoms with Gasteiger partial charge in [-0.25, -0.2) is 4.98 Å². The van der Waals surface area contributed by atoms with Crippen molar-refractivity contribution >= 4 is 28.3 Å². The second kappa shape index (κ2) is 5.32. The maximum absolute atomic E-state index is 5.53.